The number of hydrogen-bond acceptors (Lipinski definition) is 7. The quantitative estimate of drug-likeness (QED) is 0.296. The van der Waals surface area contributed by atoms with Crippen LogP contribution in [0.15, 0.2) is 57.7 Å². The first-order valence-corrected chi connectivity index (χ1v) is 10.7. The van der Waals surface area contributed by atoms with Gasteiger partial charge in [-0.25, -0.2) is 4.79 Å². The van der Waals surface area contributed by atoms with E-state index in [-0.39, 0.29) is 36.5 Å². The summed E-state index contributed by atoms with van der Waals surface area (Å²) in [6.45, 7) is 5.64. The van der Waals surface area contributed by atoms with E-state index in [1.165, 1.54) is 6.07 Å². The average molecular weight is 439 g/mol. The van der Waals surface area contributed by atoms with Crippen LogP contribution in [-0.4, -0.2) is 26.1 Å². The third-order valence-electron chi connectivity index (χ3n) is 5.16. The molecule has 3 aromatic rings. The molecule has 154 valence electrons. The van der Waals surface area contributed by atoms with Crippen molar-refractivity contribution >= 4 is 38.1 Å². The van der Waals surface area contributed by atoms with E-state index in [1.54, 1.807) is 36.4 Å². The van der Waals surface area contributed by atoms with E-state index in [1.807, 2.05) is 19.9 Å². The molecule has 4 rings (SSSR count). The molecule has 1 aliphatic heterocycles. The average Bonchev–Trinajstić information content (AvgIpc) is 3.09. The van der Waals surface area contributed by atoms with Crippen LogP contribution in [0.2, 0.25) is 0 Å². The van der Waals surface area contributed by atoms with E-state index in [2.05, 4.69) is 15.5 Å². The third-order valence-corrected chi connectivity index (χ3v) is 6.36. The van der Waals surface area contributed by atoms with Crippen molar-refractivity contribution in [2.24, 2.45) is 0 Å². The fourth-order valence-corrected chi connectivity index (χ4v) is 4.54. The molecule has 1 aliphatic rings. The molecule has 8 nitrogen and oxygen atoms in total. The summed E-state index contributed by atoms with van der Waals surface area (Å²) in [7, 11) is -4.80. The van der Waals surface area contributed by atoms with Crippen molar-refractivity contribution in [3.05, 3.63) is 64.5 Å². The third kappa shape index (κ3) is 3.61. The van der Waals surface area contributed by atoms with Crippen LogP contribution in [0.3, 0.4) is 0 Å². The van der Waals surface area contributed by atoms with E-state index in [4.69, 9.17) is 4.42 Å². The number of anilines is 3. The second-order valence-corrected chi connectivity index (χ2v) is 8.36. The van der Waals surface area contributed by atoms with Gasteiger partial charge in [-0.3, -0.25) is 4.55 Å². The molecule has 0 spiro atoms. The maximum absolute atomic E-state index is 12.8. The van der Waals surface area contributed by atoms with Gasteiger partial charge in [0.2, 0.25) is 0 Å². The first kappa shape index (κ1) is 22.6. The largest absolute Gasteiger partial charge is 1.00 e. The van der Waals surface area contributed by atoms with E-state index >= 15 is 0 Å². The standard InChI is InChI=1S/C20H21N3O5S.Na.H/c1-3-23(4-2)14-10-9-13-11-15(19(24)28-18(13)12-14)20(29(25,26)27)21-16-7-5-6-8-17(16)22-20;;/h5-12,21-22H,3-4H2,1-2H3,(H,25,26,27);;/q;+1;-1. The number of nitrogens with one attached hydrogen (secondary N) is 2. The van der Waals surface area contributed by atoms with Gasteiger partial charge in [0, 0.05) is 30.2 Å². The van der Waals surface area contributed by atoms with Crippen molar-refractivity contribution in [3.63, 3.8) is 0 Å². The monoisotopic (exact) mass is 439 g/mol. The van der Waals surface area contributed by atoms with Crippen LogP contribution in [0.1, 0.15) is 20.8 Å². The minimum absolute atomic E-state index is 0. The zero-order valence-electron chi connectivity index (χ0n) is 18.0. The van der Waals surface area contributed by atoms with Crippen LogP contribution in [0.25, 0.3) is 11.0 Å². The van der Waals surface area contributed by atoms with Gasteiger partial charge in [-0.2, -0.15) is 8.42 Å². The Bertz CT molecular complexity index is 1240. The molecule has 0 radical (unpaired) electrons. The second kappa shape index (κ2) is 8.24. The topological polar surface area (TPSA) is 112 Å². The summed E-state index contributed by atoms with van der Waals surface area (Å²) < 4.78 is 40.3. The maximum atomic E-state index is 12.8. The number of fused-ring (bicyclic) bond motifs is 2. The maximum Gasteiger partial charge on any atom is 1.00 e. The number of para-hydroxylation sites is 2. The summed E-state index contributed by atoms with van der Waals surface area (Å²) in [4.78, 5) is 12.7. The van der Waals surface area contributed by atoms with Crippen LogP contribution in [-0.2, 0) is 15.1 Å². The molecule has 0 saturated carbocycles. The predicted molar refractivity (Wildman–Crippen MR) is 114 cm³/mol. The van der Waals surface area contributed by atoms with Crippen molar-refractivity contribution in [1.29, 1.82) is 0 Å². The summed E-state index contributed by atoms with van der Waals surface area (Å²) in [5.41, 5.74) is 1.01. The van der Waals surface area contributed by atoms with Crippen molar-refractivity contribution in [1.82, 2.24) is 0 Å². The van der Waals surface area contributed by atoms with Crippen LogP contribution >= 0.6 is 0 Å². The first-order valence-electron chi connectivity index (χ1n) is 9.25. The van der Waals surface area contributed by atoms with Gasteiger partial charge in [0.25, 0.3) is 4.99 Å². The van der Waals surface area contributed by atoms with E-state index in [9.17, 15) is 17.8 Å². The Balaban J connectivity index is 0.00000171. The molecule has 0 atom stereocenters. The molecule has 0 saturated heterocycles. The zero-order valence-corrected chi connectivity index (χ0v) is 19.8. The zero-order chi connectivity index (χ0) is 20.8. The summed E-state index contributed by atoms with van der Waals surface area (Å²) in [5, 5.41) is 6.02. The molecule has 0 fully saturated rings. The van der Waals surface area contributed by atoms with E-state index < -0.39 is 20.7 Å². The Kier molecular flexibility index (Phi) is 6.22. The molecule has 0 bridgehead atoms. The van der Waals surface area contributed by atoms with Gasteiger partial charge < -0.3 is 21.4 Å². The normalized spacial score (nSPS) is 14.4. The summed E-state index contributed by atoms with van der Waals surface area (Å²) in [5.74, 6) is 0. The fraction of sp³-hybridized carbons (Fsp3) is 0.250. The summed E-state index contributed by atoms with van der Waals surface area (Å²) >= 11 is 0. The molecule has 0 aliphatic carbocycles. The minimum Gasteiger partial charge on any atom is -1.00 e. The molecule has 2 aromatic carbocycles. The van der Waals surface area contributed by atoms with Crippen LogP contribution < -0.4 is 50.7 Å². The molecule has 30 heavy (non-hydrogen) atoms. The van der Waals surface area contributed by atoms with Crippen molar-refractivity contribution in [2.45, 2.75) is 18.8 Å². The SMILES string of the molecule is CCN(CC)c1ccc2cc(C3(S(=O)(=O)O)Nc4ccccc4N3)c(=O)oc2c1.[H-].[Na+]. The Labute approximate surface area is 197 Å². The number of nitrogens with zero attached hydrogens (tertiary/aromatic N) is 1. The molecule has 0 amide bonds. The first-order chi connectivity index (χ1) is 13.8. The molecule has 0 unspecified atom stereocenters. The second-order valence-electron chi connectivity index (χ2n) is 6.79. The molecule has 1 aromatic heterocycles. The minimum atomic E-state index is -4.80. The van der Waals surface area contributed by atoms with E-state index in [0.717, 1.165) is 18.8 Å². The molecular weight excluding hydrogens is 417 g/mol. The number of benzene rings is 2. The van der Waals surface area contributed by atoms with Crippen LogP contribution in [0.4, 0.5) is 17.1 Å². The van der Waals surface area contributed by atoms with Gasteiger partial charge in [-0.1, -0.05) is 12.1 Å². The van der Waals surface area contributed by atoms with Crippen LogP contribution in [0, 0.1) is 0 Å². The van der Waals surface area contributed by atoms with Crippen molar-refractivity contribution < 1.29 is 48.4 Å². The van der Waals surface area contributed by atoms with Crippen molar-refractivity contribution in [2.75, 3.05) is 28.6 Å². The fourth-order valence-electron chi connectivity index (χ4n) is 3.65. The Hall–Kier alpha value is -2.04. The Morgan fingerprint density at radius 3 is 2.20 bits per heavy atom. The molecular formula is C20H22N3NaO5S. The number of hydrogen-bond donors (Lipinski definition) is 3. The molecule has 3 N–H and O–H groups in total. The van der Waals surface area contributed by atoms with Crippen LogP contribution in [0.5, 0.6) is 0 Å². The summed E-state index contributed by atoms with van der Waals surface area (Å²) in [6.07, 6.45) is 0. The van der Waals surface area contributed by atoms with Gasteiger partial charge >= 0.3 is 45.3 Å². The van der Waals surface area contributed by atoms with Gasteiger partial charge in [0.15, 0.2) is 0 Å². The Morgan fingerprint density at radius 2 is 1.67 bits per heavy atom. The van der Waals surface area contributed by atoms with Gasteiger partial charge in [-0.05, 0) is 44.2 Å². The summed E-state index contributed by atoms with van der Waals surface area (Å²) in [6, 6.07) is 13.5. The van der Waals surface area contributed by atoms with Crippen molar-refractivity contribution in [3.8, 4) is 0 Å². The smallest absolute Gasteiger partial charge is 1.00 e. The molecule has 10 heteroatoms. The number of rotatable bonds is 5. The van der Waals surface area contributed by atoms with Gasteiger partial charge in [-0.15, -0.1) is 0 Å². The Morgan fingerprint density at radius 1 is 1.07 bits per heavy atom. The molecule has 2 heterocycles. The van der Waals surface area contributed by atoms with Gasteiger partial charge in [0.1, 0.15) is 11.1 Å². The predicted octanol–water partition coefficient (Wildman–Crippen LogP) is 0.291. The van der Waals surface area contributed by atoms with E-state index in [0.29, 0.717) is 22.3 Å². The van der Waals surface area contributed by atoms with Gasteiger partial charge in [0.05, 0.1) is 11.4 Å².